The monoisotopic (exact) mass is 545 g/mol. The van der Waals surface area contributed by atoms with Crippen molar-refractivity contribution in [3.05, 3.63) is 107 Å². The maximum Gasteiger partial charge on any atom is 3.00 e. The van der Waals surface area contributed by atoms with Gasteiger partial charge in [0.05, 0.1) is 0 Å². The quantitative estimate of drug-likeness (QED) is 0.239. The molecule has 1 unspecified atom stereocenters. The third-order valence-electron chi connectivity index (χ3n) is 6.84. The molecule has 0 nitrogen and oxygen atoms in total. The van der Waals surface area contributed by atoms with Crippen molar-refractivity contribution >= 4 is 21.5 Å². The minimum atomic E-state index is 0. The maximum absolute atomic E-state index is 3.60. The number of fused-ring (bicyclic) bond motifs is 8. The van der Waals surface area contributed by atoms with Crippen LogP contribution in [0.2, 0.25) is 0 Å². The second kappa shape index (κ2) is 10.7. The molecule has 0 bridgehead atoms. The number of hydrogen-bond acceptors (Lipinski definition) is 0. The molecule has 0 spiro atoms. The van der Waals surface area contributed by atoms with Gasteiger partial charge in [0.15, 0.2) is 0 Å². The Labute approximate surface area is 228 Å². The SMILES string of the molecule is CCCCC1=CC(c2cccc3c4c(c5[c-]cccc5c23)Cc2ccccc2-4)C=C1.[Cl-].[Cl-].[Zr+3]. The van der Waals surface area contributed by atoms with Crippen LogP contribution in [0.3, 0.4) is 0 Å². The average Bonchev–Trinajstić information content (AvgIpc) is 3.42. The molecule has 0 aromatic heterocycles. The minimum Gasteiger partial charge on any atom is -1.00 e. The van der Waals surface area contributed by atoms with Crippen LogP contribution in [0.4, 0.5) is 0 Å². The molecule has 163 valence electrons. The molecule has 0 saturated heterocycles. The van der Waals surface area contributed by atoms with E-state index in [0.29, 0.717) is 5.92 Å². The fourth-order valence-corrected chi connectivity index (χ4v) is 5.44. The van der Waals surface area contributed by atoms with E-state index in [1.54, 1.807) is 0 Å². The van der Waals surface area contributed by atoms with Gasteiger partial charge in [-0.25, -0.2) is 0 Å². The summed E-state index contributed by atoms with van der Waals surface area (Å²) >= 11 is 0. The Morgan fingerprint density at radius 1 is 0.939 bits per heavy atom. The molecule has 4 aromatic carbocycles. The van der Waals surface area contributed by atoms with Crippen molar-refractivity contribution in [3.63, 3.8) is 0 Å². The van der Waals surface area contributed by atoms with E-state index >= 15 is 0 Å². The van der Waals surface area contributed by atoms with Crippen molar-refractivity contribution in [1.82, 2.24) is 0 Å². The number of halogens is 2. The number of unbranched alkanes of at least 4 members (excludes halogenated alkanes) is 1. The summed E-state index contributed by atoms with van der Waals surface area (Å²) in [4.78, 5) is 0. The molecule has 33 heavy (non-hydrogen) atoms. The van der Waals surface area contributed by atoms with Crippen molar-refractivity contribution in [1.29, 1.82) is 0 Å². The summed E-state index contributed by atoms with van der Waals surface area (Å²) < 4.78 is 0. The van der Waals surface area contributed by atoms with E-state index in [4.69, 9.17) is 0 Å². The van der Waals surface area contributed by atoms with Crippen molar-refractivity contribution in [2.75, 3.05) is 0 Å². The van der Waals surface area contributed by atoms with Gasteiger partial charge in [0.2, 0.25) is 0 Å². The molecule has 6 rings (SSSR count). The van der Waals surface area contributed by atoms with Gasteiger partial charge in [0.25, 0.3) is 0 Å². The van der Waals surface area contributed by atoms with Gasteiger partial charge in [-0.1, -0.05) is 79.6 Å². The summed E-state index contributed by atoms with van der Waals surface area (Å²) in [6.45, 7) is 2.27. The van der Waals surface area contributed by atoms with E-state index in [1.807, 2.05) is 0 Å². The zero-order chi connectivity index (χ0) is 20.1. The molecule has 1 atom stereocenters. The van der Waals surface area contributed by atoms with Crippen molar-refractivity contribution in [2.45, 2.75) is 38.5 Å². The maximum atomic E-state index is 3.60. The van der Waals surface area contributed by atoms with Crippen LogP contribution in [-0.4, -0.2) is 0 Å². The fourth-order valence-electron chi connectivity index (χ4n) is 5.44. The van der Waals surface area contributed by atoms with Gasteiger partial charge in [-0.2, -0.15) is 0 Å². The second-order valence-electron chi connectivity index (χ2n) is 8.65. The van der Waals surface area contributed by atoms with Gasteiger partial charge >= 0.3 is 26.2 Å². The Balaban J connectivity index is 0.00000102. The zero-order valence-corrected chi connectivity index (χ0v) is 22.6. The topological polar surface area (TPSA) is 0 Å². The molecule has 0 amide bonds. The normalized spacial score (nSPS) is 15.3. The van der Waals surface area contributed by atoms with E-state index in [-0.39, 0.29) is 51.0 Å². The van der Waals surface area contributed by atoms with E-state index in [0.717, 1.165) is 6.42 Å². The average molecular weight is 548 g/mol. The zero-order valence-electron chi connectivity index (χ0n) is 18.7. The van der Waals surface area contributed by atoms with Gasteiger partial charge < -0.3 is 24.8 Å². The first-order valence-electron chi connectivity index (χ1n) is 11.2. The van der Waals surface area contributed by atoms with E-state index in [2.05, 4.69) is 91.9 Å². The Morgan fingerprint density at radius 3 is 2.61 bits per heavy atom. The van der Waals surface area contributed by atoms with Crippen LogP contribution >= 0.6 is 0 Å². The van der Waals surface area contributed by atoms with Gasteiger partial charge in [0.1, 0.15) is 0 Å². The van der Waals surface area contributed by atoms with Crippen LogP contribution < -0.4 is 24.8 Å². The largest absolute Gasteiger partial charge is 3.00 e. The standard InChI is InChI=1S/C30H25.2ClH.Zr/c1-2-3-9-20-16-17-22(18-20)24-14-8-15-27-29(24)26-13-7-6-12-25(26)28-19-21-10-4-5-11-23(21)30(27)28;;;/h4-8,10-11,13-18,22H,2-3,9,19H2,1H3;2*1H;/q-1;;;+3/p-2. The summed E-state index contributed by atoms with van der Waals surface area (Å²) in [7, 11) is 0. The molecule has 3 heteroatoms. The molecule has 0 saturated carbocycles. The number of benzene rings is 4. The summed E-state index contributed by atoms with van der Waals surface area (Å²) in [6, 6.07) is 25.9. The molecule has 0 fully saturated rings. The van der Waals surface area contributed by atoms with Gasteiger partial charge in [-0.3, -0.25) is 0 Å². The third-order valence-corrected chi connectivity index (χ3v) is 6.84. The molecule has 2 aliphatic rings. The van der Waals surface area contributed by atoms with Crippen LogP contribution in [0.5, 0.6) is 0 Å². The van der Waals surface area contributed by atoms with Crippen LogP contribution in [0.25, 0.3) is 32.7 Å². The summed E-state index contributed by atoms with van der Waals surface area (Å²) in [6.07, 6.45) is 11.9. The predicted molar refractivity (Wildman–Crippen MR) is 128 cm³/mol. The Bertz CT molecular complexity index is 1370. The molecule has 0 heterocycles. The fraction of sp³-hybridized carbons (Fsp3) is 0.200. The molecule has 0 aliphatic heterocycles. The predicted octanol–water partition coefficient (Wildman–Crippen LogP) is 2.14. The van der Waals surface area contributed by atoms with Crippen molar-refractivity contribution < 1.29 is 51.0 Å². The van der Waals surface area contributed by atoms with Gasteiger partial charge in [0, 0.05) is 5.92 Å². The van der Waals surface area contributed by atoms with Crippen LogP contribution in [0.15, 0.2) is 84.5 Å². The van der Waals surface area contributed by atoms with Crippen LogP contribution in [0.1, 0.15) is 48.8 Å². The molecule has 0 N–H and O–H groups in total. The number of allylic oxidation sites excluding steroid dienone is 4. The van der Waals surface area contributed by atoms with E-state index in [1.165, 1.54) is 74.2 Å². The van der Waals surface area contributed by atoms with Gasteiger partial charge in [-0.05, 0) is 52.3 Å². The van der Waals surface area contributed by atoms with Gasteiger partial charge in [-0.15, -0.1) is 40.6 Å². The van der Waals surface area contributed by atoms with Crippen molar-refractivity contribution in [2.24, 2.45) is 0 Å². The first kappa shape index (κ1) is 26.0. The van der Waals surface area contributed by atoms with Crippen LogP contribution in [-0.2, 0) is 32.6 Å². The summed E-state index contributed by atoms with van der Waals surface area (Å²) in [5.41, 5.74) is 8.61. The number of hydrogen-bond donors (Lipinski definition) is 0. The molecular formula is C30H25Cl2Zr. The first-order chi connectivity index (χ1) is 14.8. The Hall–Kier alpha value is -1.66. The second-order valence-corrected chi connectivity index (χ2v) is 8.65. The van der Waals surface area contributed by atoms with E-state index in [9.17, 15) is 0 Å². The first-order valence-corrected chi connectivity index (χ1v) is 11.2. The molecule has 1 radical (unpaired) electrons. The van der Waals surface area contributed by atoms with E-state index < -0.39 is 0 Å². The molecule has 4 aromatic rings. The number of rotatable bonds is 4. The van der Waals surface area contributed by atoms with Crippen molar-refractivity contribution in [3.8, 4) is 11.1 Å². The Kier molecular flexibility index (Phi) is 8.44. The smallest absolute Gasteiger partial charge is 1.00 e. The molecule has 2 aliphatic carbocycles. The third kappa shape index (κ3) is 4.29. The minimum absolute atomic E-state index is 0. The molecular weight excluding hydrogens is 522 g/mol. The van der Waals surface area contributed by atoms with Crippen LogP contribution in [0, 0.1) is 6.07 Å². The summed E-state index contributed by atoms with van der Waals surface area (Å²) in [5.74, 6) is 0.360. The Morgan fingerprint density at radius 2 is 1.76 bits per heavy atom. The summed E-state index contributed by atoms with van der Waals surface area (Å²) in [5, 5.41) is 5.44.